The first kappa shape index (κ1) is 104. The van der Waals surface area contributed by atoms with E-state index in [1.165, 1.54) is 24.3 Å². The number of guanidine groups is 1. The van der Waals surface area contributed by atoms with Crippen molar-refractivity contribution in [2.75, 3.05) is 69.7 Å². The summed E-state index contributed by atoms with van der Waals surface area (Å²) in [5.41, 5.74) is 10.5. The number of hydrogen-bond acceptors (Lipinski definition) is 28. The number of aliphatic hydroxyl groups excluding tert-OH is 10. The van der Waals surface area contributed by atoms with E-state index in [1.54, 1.807) is 66.7 Å². The smallest absolute Gasteiger partial charge is 0.305 e. The Morgan fingerprint density at radius 3 is 1.85 bits per heavy atom. The maximum atomic E-state index is 14.4. The number of amides is 8. The number of ether oxygens (including phenoxy) is 1. The molecule has 4 aliphatic rings. The van der Waals surface area contributed by atoms with Gasteiger partial charge in [0.2, 0.25) is 41.1 Å². The zero-order valence-electron chi connectivity index (χ0n) is 72.1. The van der Waals surface area contributed by atoms with Crippen LogP contribution in [0.3, 0.4) is 0 Å². The summed E-state index contributed by atoms with van der Waals surface area (Å²) < 4.78 is 48.2. The van der Waals surface area contributed by atoms with Gasteiger partial charge < -0.3 is 119 Å². The molecule has 706 valence electrons. The molecule has 1 fully saturated rings. The van der Waals surface area contributed by atoms with E-state index in [0.717, 1.165) is 34.7 Å². The molecule has 8 rings (SSSR count). The van der Waals surface area contributed by atoms with Crippen molar-refractivity contribution >= 4 is 98.4 Å². The predicted molar refractivity (Wildman–Crippen MR) is 470 cm³/mol. The van der Waals surface area contributed by atoms with E-state index in [0.29, 0.717) is 104 Å². The molecule has 0 radical (unpaired) electrons. The summed E-state index contributed by atoms with van der Waals surface area (Å²) in [6.07, 6.45) is -3.25. The number of rotatable bonds is 46. The molecule has 4 aromatic rings. The fourth-order valence-electron chi connectivity index (χ4n) is 15.5. The lowest BCUT2D eigenvalue weighted by molar-refractivity contribution is -0.438. The second-order valence-corrected chi connectivity index (χ2v) is 35.1. The van der Waals surface area contributed by atoms with Gasteiger partial charge in [0.05, 0.1) is 48.7 Å². The minimum Gasteiger partial charge on any atom is -0.481 e. The van der Waals surface area contributed by atoms with Crippen LogP contribution in [0.15, 0.2) is 143 Å². The number of nitrogens with zero attached hydrogens (tertiary/aromatic N) is 2. The number of carboxylic acid groups (broad SMARTS) is 1. The highest BCUT2D eigenvalue weighted by atomic mass is 32.2. The van der Waals surface area contributed by atoms with Crippen LogP contribution in [0.1, 0.15) is 161 Å². The first-order chi connectivity index (χ1) is 61.3. The lowest BCUT2D eigenvalue weighted by atomic mass is 9.80. The molecule has 8 amide bonds. The molecule has 1 aliphatic carbocycles. The molecule has 25 N–H and O–H groups in total. The molecule has 3 heterocycles. The summed E-state index contributed by atoms with van der Waals surface area (Å²) in [7, 11) is -4.63. The molecule has 0 spiro atoms. The third kappa shape index (κ3) is 29.7. The molecule has 1 saturated heterocycles. The molecule has 3 aliphatic heterocycles. The Kier molecular flexibility index (Phi) is 39.7. The van der Waals surface area contributed by atoms with Gasteiger partial charge in [0.15, 0.2) is 11.7 Å². The second-order valence-electron chi connectivity index (χ2n) is 32.9. The Morgan fingerprint density at radius 2 is 1.23 bits per heavy atom. The molecule has 0 saturated carbocycles. The van der Waals surface area contributed by atoms with Gasteiger partial charge in [-0.05, 0) is 173 Å². The third-order valence-electron chi connectivity index (χ3n) is 22.7. The summed E-state index contributed by atoms with van der Waals surface area (Å²) in [5.74, 6) is -6.80. The number of fused-ring (bicyclic) bond motifs is 2. The van der Waals surface area contributed by atoms with Crippen molar-refractivity contribution < 1.29 is 136 Å². The lowest BCUT2D eigenvalue weighted by Crippen LogP contribution is -2.58. The fourth-order valence-corrected chi connectivity index (χ4v) is 16.4. The van der Waals surface area contributed by atoms with Crippen LogP contribution in [0.4, 0.5) is 11.4 Å². The largest absolute Gasteiger partial charge is 0.481 e. The van der Waals surface area contributed by atoms with Crippen LogP contribution in [-0.4, -0.2) is 282 Å². The van der Waals surface area contributed by atoms with Crippen LogP contribution < -0.4 is 63.2 Å². The van der Waals surface area contributed by atoms with Gasteiger partial charge in [-0.3, -0.25) is 53.1 Å². The van der Waals surface area contributed by atoms with Gasteiger partial charge >= 0.3 is 5.97 Å². The van der Waals surface area contributed by atoms with Gasteiger partial charge in [0.25, 0.3) is 21.9 Å². The van der Waals surface area contributed by atoms with E-state index in [2.05, 4.69) is 66.7 Å². The van der Waals surface area contributed by atoms with Crippen molar-refractivity contribution in [1.82, 2.24) is 47.9 Å². The molecule has 4 aromatic carbocycles. The number of carbonyl (C=O) groups is 9. The Bertz CT molecular complexity index is 4860. The maximum Gasteiger partial charge on any atom is 0.305 e. The van der Waals surface area contributed by atoms with Crippen molar-refractivity contribution in [2.24, 2.45) is 5.73 Å². The Hall–Kier alpha value is -10.6. The van der Waals surface area contributed by atoms with E-state index in [9.17, 15) is 112 Å². The highest BCUT2D eigenvalue weighted by Crippen LogP contribution is 2.49. The second kappa shape index (κ2) is 49.4. The van der Waals surface area contributed by atoms with E-state index >= 15 is 0 Å². The van der Waals surface area contributed by atoms with Crippen molar-refractivity contribution in [3.63, 3.8) is 0 Å². The molecule has 42 heteroatoms. The molecular weight excluding hydrogens is 1720 g/mol. The topological polar surface area (TPSA) is 643 Å². The normalized spacial score (nSPS) is 20.4. The van der Waals surface area contributed by atoms with Crippen LogP contribution in [0, 0.1) is 5.41 Å². The number of aliphatic hydroxyl groups is 10. The van der Waals surface area contributed by atoms with Gasteiger partial charge in [-0.15, -0.1) is 4.33 Å². The summed E-state index contributed by atoms with van der Waals surface area (Å²) in [6, 6.07) is 18.0. The van der Waals surface area contributed by atoms with Crippen molar-refractivity contribution in [3.05, 3.63) is 166 Å². The lowest BCUT2D eigenvalue weighted by Gasteiger charge is -2.27. The quantitative estimate of drug-likeness (QED) is 0.00407. The molecule has 12 atom stereocenters. The number of hydrogen-bond donors (Lipinski definition) is 24. The number of anilines is 1. The minimum absolute atomic E-state index is 0.0407. The summed E-state index contributed by atoms with van der Waals surface area (Å²) in [6.45, 7) is 5.28. The van der Waals surface area contributed by atoms with Crippen molar-refractivity contribution in [1.29, 1.82) is 5.41 Å². The average molecular weight is 1840 g/mol. The first-order valence-electron chi connectivity index (χ1n) is 42.5. The Labute approximate surface area is 750 Å². The third-order valence-corrected chi connectivity index (χ3v) is 24.2. The number of nitrogens with two attached hydrogens (primary N) is 1. The summed E-state index contributed by atoms with van der Waals surface area (Å²) >= 11 is 0.903. The number of aliphatic carboxylic acids is 1. The Balaban J connectivity index is 1.06. The van der Waals surface area contributed by atoms with E-state index in [-0.39, 0.29) is 91.7 Å². The number of allylic oxidation sites excluding steroid dienone is 7. The van der Waals surface area contributed by atoms with E-state index < -0.39 is 181 Å². The average Bonchev–Trinajstić information content (AvgIpc) is 1.59. The molecule has 129 heavy (non-hydrogen) atoms. The van der Waals surface area contributed by atoms with Crippen LogP contribution in [0.2, 0.25) is 0 Å². The molecule has 0 aromatic heterocycles. The van der Waals surface area contributed by atoms with Gasteiger partial charge in [-0.2, -0.15) is 13.0 Å². The standard InChI is InChI=1S/C87H119N13O27S2/c1-86(2)57-42-53(79(115)92-45-65(103)74(111)76(113)67(105)48-101)24-32-63(57)99(38-12-6-9-23-71(107)90-36-11-10-21-60-82(118)96-59(22-16-37-91-85(88)89)81(117)94-47-72(108)95-62(44-73(109)110)84(120)98-61(83(119)97-60)41-50-17-7-5-8-18-50)69(86)34-26-51-19-15-20-52(78(51)125-55-28-30-56(31-29-55)129(122,123)124)27-35-70-87(3,4)58-43-54(25-33-64(58)100(70)39-13-14-40-128-127-126-121)80(116)93-46-66(104)75(112)77(114)68(106)49-102/h5,7-8,17-18,24-35,42-43,59-62,65-68,74-77,101-106,111-114H,6,9-16,19-23,36-41,44-49H2,1-4H3,(H14-,88,89,90,91,92,93,94,95,96,97,98,107,108,109,110,115,116,117,118,119,120,121,122,123,124)/p+1/t59-,60?,61+,62-,65?,66?,67?,68?,74?,75?,76?,77?/m0/s1. The van der Waals surface area contributed by atoms with Gasteiger partial charge in [0, 0.05) is 115 Å². The zero-order valence-corrected chi connectivity index (χ0v) is 73.7. The van der Waals surface area contributed by atoms with Gasteiger partial charge in [-0.25, -0.2) is 5.26 Å². The van der Waals surface area contributed by atoms with Crippen molar-refractivity contribution in [3.8, 4) is 5.75 Å². The fraction of sp³-hybridized carbons (Fsp3) is 0.506. The number of benzene rings is 4. The highest BCUT2D eigenvalue weighted by Gasteiger charge is 2.46. The van der Waals surface area contributed by atoms with E-state index in [4.69, 9.17) is 21.1 Å². The maximum absolute atomic E-state index is 14.4. The monoisotopic (exact) mass is 1840 g/mol. The zero-order chi connectivity index (χ0) is 94.5. The predicted octanol–water partition coefficient (Wildman–Crippen LogP) is 0.0684. The van der Waals surface area contributed by atoms with Crippen LogP contribution >= 0.6 is 12.0 Å². The SMILES string of the molecule is CC1(C)C(/C=C/C2=C(Oc3ccc(S(=O)(=O)O)cc3)C(=C/C=C3/N(CCCCCC(=O)NCCCCC4NC(=O)[C@@H](Cc5ccccc5)NC(=O)[C@H](CC(=O)O)NC(=O)CNC(=O)[C@H](CCCNC(=N)N)NC4=O)c4ccc(C(=O)NCC(O)C(O)C(O)C(O)CO)cc4C3(C)C)/CCC2)=[N+](CCCCSOOO)c2ccc(C(=O)NCC(O)C(O)C(O)C(O)CO)cc21. The highest BCUT2D eigenvalue weighted by molar-refractivity contribution is 7.94. The summed E-state index contributed by atoms with van der Waals surface area (Å²) in [5, 5.41) is 155. The first-order valence-corrected chi connectivity index (χ1v) is 44.9. The van der Waals surface area contributed by atoms with Crippen molar-refractivity contribution in [2.45, 2.75) is 219 Å². The molecular formula is C87H120N13O27S2+. The Morgan fingerprint density at radius 1 is 0.643 bits per heavy atom. The number of carboxylic acids is 1. The molecule has 9 unspecified atom stereocenters. The van der Waals surface area contributed by atoms with E-state index in [1.807, 2.05) is 52.0 Å². The number of unbranched alkanes of at least 4 members (excludes halogenated alkanes) is 4. The van der Waals surface area contributed by atoms with Crippen LogP contribution in [0.5, 0.6) is 5.75 Å². The number of nitrogens with one attached hydrogen (secondary N) is 10. The molecule has 40 nitrogen and oxygen atoms in total. The van der Waals surface area contributed by atoms with Crippen LogP contribution in [0.25, 0.3) is 0 Å². The van der Waals surface area contributed by atoms with Gasteiger partial charge in [0.1, 0.15) is 78.8 Å². The minimum atomic E-state index is -4.63. The van der Waals surface area contributed by atoms with Crippen LogP contribution in [-0.2, 0) is 70.3 Å². The van der Waals surface area contributed by atoms with Gasteiger partial charge in [-0.1, -0.05) is 61.7 Å². The molecule has 0 bridgehead atoms. The number of carbonyl (C=O) groups excluding carboxylic acids is 8. The summed E-state index contributed by atoms with van der Waals surface area (Å²) in [4.78, 5) is 125.